The van der Waals surface area contributed by atoms with Crippen LogP contribution in [0.25, 0.3) is 0 Å². The minimum atomic E-state index is -0.319. The van der Waals surface area contributed by atoms with Crippen LogP contribution in [0.3, 0.4) is 0 Å². The molecule has 27 heavy (non-hydrogen) atoms. The first-order valence-corrected chi connectivity index (χ1v) is 11.1. The van der Waals surface area contributed by atoms with E-state index in [2.05, 4.69) is 44.7 Å². The van der Waals surface area contributed by atoms with Crippen molar-refractivity contribution in [3.05, 3.63) is 23.8 Å². The standard InChI is InChI=1S/C23H32O3S/c1-22-11-3-4-18(22)17-6-5-15-14-16(26-20(24)7-8-21(25)27)9-13-23(15,2)19(17)10-12-22/h9,13-14,16-19H,3-8,10-12H2,1-2H3,(H,25,27)/t16?,17?,18?,19?,22-,23-/m0/s1. The Morgan fingerprint density at radius 2 is 1.96 bits per heavy atom. The molecule has 3 nitrogen and oxygen atoms in total. The van der Waals surface area contributed by atoms with Gasteiger partial charge in [-0.05, 0) is 73.8 Å². The van der Waals surface area contributed by atoms with Crippen molar-refractivity contribution in [2.45, 2.75) is 77.7 Å². The van der Waals surface area contributed by atoms with Gasteiger partial charge in [0.2, 0.25) is 0 Å². The molecule has 0 bridgehead atoms. The number of ether oxygens (including phenoxy) is 1. The summed E-state index contributed by atoms with van der Waals surface area (Å²) < 4.78 is 5.57. The maximum absolute atomic E-state index is 12.0. The zero-order chi connectivity index (χ0) is 19.2. The van der Waals surface area contributed by atoms with Crippen LogP contribution in [-0.2, 0) is 14.3 Å². The highest BCUT2D eigenvalue weighted by Gasteiger charge is 2.55. The van der Waals surface area contributed by atoms with Gasteiger partial charge in [-0.25, -0.2) is 0 Å². The van der Waals surface area contributed by atoms with E-state index in [1.807, 2.05) is 0 Å². The third-order valence-corrected chi connectivity index (χ3v) is 8.46. The number of rotatable bonds is 4. The summed E-state index contributed by atoms with van der Waals surface area (Å²) in [5, 5.41) is -0.272. The topological polar surface area (TPSA) is 43.4 Å². The number of fused-ring (bicyclic) bond motifs is 5. The predicted molar refractivity (Wildman–Crippen MR) is 109 cm³/mol. The SMILES string of the molecule is C[C@@]12CCCC1C1CCC3=CC(OC(=O)CCC(=O)S)C=C[C@]3(C)C1CC2. The van der Waals surface area contributed by atoms with Gasteiger partial charge in [0.1, 0.15) is 6.10 Å². The fourth-order valence-electron chi connectivity index (χ4n) is 6.79. The molecule has 4 heteroatoms. The third kappa shape index (κ3) is 3.43. The maximum atomic E-state index is 12.0. The third-order valence-electron chi connectivity index (χ3n) is 8.24. The fourth-order valence-corrected chi connectivity index (χ4v) is 6.90. The van der Waals surface area contributed by atoms with E-state index in [0.29, 0.717) is 5.41 Å². The predicted octanol–water partition coefficient (Wildman–Crippen LogP) is 5.26. The molecule has 0 radical (unpaired) electrons. The molecule has 4 rings (SSSR count). The van der Waals surface area contributed by atoms with Gasteiger partial charge in [0, 0.05) is 11.8 Å². The lowest BCUT2D eigenvalue weighted by Crippen LogP contribution is -2.48. The number of esters is 1. The number of allylic oxidation sites excluding steroid dienone is 2. The van der Waals surface area contributed by atoms with E-state index < -0.39 is 0 Å². The fraction of sp³-hybridized carbons (Fsp3) is 0.739. The second kappa shape index (κ2) is 7.09. The highest BCUT2D eigenvalue weighted by Crippen LogP contribution is 2.64. The van der Waals surface area contributed by atoms with Crippen LogP contribution in [-0.4, -0.2) is 17.2 Å². The molecular weight excluding hydrogens is 356 g/mol. The summed E-state index contributed by atoms with van der Waals surface area (Å²) in [4.78, 5) is 22.9. The van der Waals surface area contributed by atoms with Gasteiger partial charge in [0.25, 0.3) is 0 Å². The molecule has 6 atom stereocenters. The lowest BCUT2D eigenvalue weighted by atomic mass is 9.48. The minimum Gasteiger partial charge on any atom is -0.454 e. The van der Waals surface area contributed by atoms with Gasteiger partial charge in [0.15, 0.2) is 5.12 Å². The summed E-state index contributed by atoms with van der Waals surface area (Å²) in [6.45, 7) is 4.94. The summed E-state index contributed by atoms with van der Waals surface area (Å²) >= 11 is 3.71. The average molecular weight is 389 g/mol. The molecule has 4 unspecified atom stereocenters. The molecule has 0 aromatic carbocycles. The molecule has 0 aromatic heterocycles. The zero-order valence-electron chi connectivity index (χ0n) is 16.6. The zero-order valence-corrected chi connectivity index (χ0v) is 17.5. The number of thiol groups is 1. The average Bonchev–Trinajstić information content (AvgIpc) is 3.02. The quantitative estimate of drug-likeness (QED) is 0.406. The normalized spacial score (nSPS) is 42.6. The Morgan fingerprint density at radius 1 is 1.15 bits per heavy atom. The first-order valence-electron chi connectivity index (χ1n) is 10.6. The summed E-state index contributed by atoms with van der Waals surface area (Å²) in [7, 11) is 0. The van der Waals surface area contributed by atoms with Crippen molar-refractivity contribution in [2.75, 3.05) is 0 Å². The van der Waals surface area contributed by atoms with E-state index in [-0.39, 0.29) is 35.4 Å². The molecule has 4 aliphatic carbocycles. The van der Waals surface area contributed by atoms with E-state index in [1.165, 1.54) is 44.1 Å². The molecule has 0 amide bonds. The lowest BCUT2D eigenvalue weighted by molar-refractivity contribution is -0.146. The highest BCUT2D eigenvalue weighted by molar-refractivity contribution is 7.96. The molecule has 3 fully saturated rings. The monoisotopic (exact) mass is 388 g/mol. The number of carbonyl (C=O) groups excluding carboxylic acids is 2. The maximum Gasteiger partial charge on any atom is 0.307 e. The highest BCUT2D eigenvalue weighted by atomic mass is 32.1. The second-order valence-corrected chi connectivity index (χ2v) is 10.2. The van der Waals surface area contributed by atoms with E-state index >= 15 is 0 Å². The largest absolute Gasteiger partial charge is 0.454 e. The molecule has 148 valence electrons. The van der Waals surface area contributed by atoms with Crippen molar-refractivity contribution >= 4 is 23.7 Å². The minimum absolute atomic E-state index is 0.109. The molecule has 0 aromatic rings. The molecule has 3 saturated carbocycles. The van der Waals surface area contributed by atoms with Crippen molar-refractivity contribution in [3.63, 3.8) is 0 Å². The Balaban J connectivity index is 1.47. The lowest BCUT2D eigenvalue weighted by Gasteiger charge is -2.56. The van der Waals surface area contributed by atoms with Crippen molar-refractivity contribution < 1.29 is 14.3 Å². The van der Waals surface area contributed by atoms with Crippen molar-refractivity contribution in [3.8, 4) is 0 Å². The van der Waals surface area contributed by atoms with Crippen molar-refractivity contribution in [1.29, 1.82) is 0 Å². The van der Waals surface area contributed by atoms with Gasteiger partial charge < -0.3 is 4.74 Å². The van der Waals surface area contributed by atoms with E-state index in [0.717, 1.165) is 24.2 Å². The van der Waals surface area contributed by atoms with E-state index in [9.17, 15) is 9.59 Å². The molecule has 0 N–H and O–H groups in total. The Hall–Kier alpha value is -1.03. The molecule has 0 spiro atoms. The summed E-state index contributed by atoms with van der Waals surface area (Å²) in [6.07, 6.45) is 15.9. The second-order valence-electron chi connectivity index (χ2n) is 9.68. The molecule has 0 aliphatic heterocycles. The van der Waals surface area contributed by atoms with Crippen molar-refractivity contribution in [1.82, 2.24) is 0 Å². The first kappa shape index (κ1) is 19.3. The Kier molecular flexibility index (Phi) is 5.07. The van der Waals surface area contributed by atoms with Crippen LogP contribution < -0.4 is 0 Å². The number of hydrogen-bond donors (Lipinski definition) is 1. The summed E-state index contributed by atoms with van der Waals surface area (Å²) in [5.74, 6) is 2.15. The van der Waals surface area contributed by atoms with Gasteiger partial charge in [-0.3, -0.25) is 9.59 Å². The Bertz CT molecular complexity index is 696. The van der Waals surface area contributed by atoms with Crippen LogP contribution in [0.1, 0.15) is 71.6 Å². The van der Waals surface area contributed by atoms with Crippen LogP contribution >= 0.6 is 12.6 Å². The Morgan fingerprint density at radius 3 is 2.74 bits per heavy atom. The molecule has 4 aliphatic rings. The van der Waals surface area contributed by atoms with Crippen molar-refractivity contribution in [2.24, 2.45) is 28.6 Å². The van der Waals surface area contributed by atoms with Gasteiger partial charge in [0.05, 0.1) is 6.42 Å². The van der Waals surface area contributed by atoms with Gasteiger partial charge in [-0.1, -0.05) is 31.9 Å². The molecule has 0 saturated heterocycles. The molecule has 0 heterocycles. The summed E-state index contributed by atoms with van der Waals surface area (Å²) in [5.41, 5.74) is 2.16. The van der Waals surface area contributed by atoms with E-state index in [4.69, 9.17) is 4.74 Å². The van der Waals surface area contributed by atoms with Crippen LogP contribution in [0, 0.1) is 28.6 Å². The van der Waals surface area contributed by atoms with Gasteiger partial charge >= 0.3 is 5.97 Å². The molecular formula is C23H32O3S. The number of carbonyl (C=O) groups is 2. The smallest absolute Gasteiger partial charge is 0.307 e. The van der Waals surface area contributed by atoms with Crippen LogP contribution in [0.5, 0.6) is 0 Å². The van der Waals surface area contributed by atoms with E-state index in [1.54, 1.807) is 0 Å². The summed E-state index contributed by atoms with van der Waals surface area (Å²) in [6, 6.07) is 0. The van der Waals surface area contributed by atoms with Crippen LogP contribution in [0.4, 0.5) is 0 Å². The van der Waals surface area contributed by atoms with Gasteiger partial charge in [-0.15, -0.1) is 12.6 Å². The number of hydrogen-bond acceptors (Lipinski definition) is 3. The van der Waals surface area contributed by atoms with Gasteiger partial charge in [-0.2, -0.15) is 0 Å². The Labute approximate surface area is 168 Å². The van der Waals surface area contributed by atoms with Crippen LogP contribution in [0.2, 0.25) is 0 Å². The first-order chi connectivity index (χ1) is 12.8. The van der Waals surface area contributed by atoms with Crippen LogP contribution in [0.15, 0.2) is 23.8 Å².